The Morgan fingerprint density at radius 3 is 2.32 bits per heavy atom. The van der Waals surface area contributed by atoms with Crippen LogP contribution in [0.1, 0.15) is 60.0 Å². The lowest BCUT2D eigenvalue weighted by molar-refractivity contribution is -0.135. The molecule has 1 saturated heterocycles. The van der Waals surface area contributed by atoms with E-state index >= 15 is 0 Å². The Kier molecular flexibility index (Phi) is 6.49. The van der Waals surface area contributed by atoms with E-state index in [1.54, 1.807) is 43.3 Å². The van der Waals surface area contributed by atoms with E-state index in [0.29, 0.717) is 35.2 Å². The molecule has 174 valence electrons. The molecule has 34 heavy (non-hydrogen) atoms. The number of pyridine rings is 1. The third-order valence-electron chi connectivity index (χ3n) is 5.85. The van der Waals surface area contributed by atoms with Crippen molar-refractivity contribution in [3.63, 3.8) is 0 Å². The maximum Gasteiger partial charge on any atom is 0.297 e. The van der Waals surface area contributed by atoms with Gasteiger partial charge in [-0.3, -0.25) is 24.3 Å². The first-order chi connectivity index (χ1) is 16.3. The quantitative estimate of drug-likeness (QED) is 0.301. The van der Waals surface area contributed by atoms with Crippen LogP contribution in [-0.2, 0) is 9.59 Å². The van der Waals surface area contributed by atoms with Crippen molar-refractivity contribution in [2.75, 3.05) is 11.5 Å². The summed E-state index contributed by atoms with van der Waals surface area (Å²) in [5.41, 5.74) is 2.49. The van der Waals surface area contributed by atoms with Crippen LogP contribution >= 0.6 is 0 Å². The Morgan fingerprint density at radius 2 is 1.76 bits per heavy atom. The number of ketones is 2. The van der Waals surface area contributed by atoms with Gasteiger partial charge >= 0.3 is 0 Å². The SMILES string of the molecule is CCOc1ccc(C2C(C(=O)c3ccc(C(C)C)cc3)C(=O)C(=O)N2c2ccc(C)nn2)nc1. The maximum absolute atomic E-state index is 13.6. The summed E-state index contributed by atoms with van der Waals surface area (Å²) in [6, 6.07) is 12.9. The zero-order chi connectivity index (χ0) is 24.4. The van der Waals surface area contributed by atoms with Crippen LogP contribution in [0.2, 0.25) is 0 Å². The molecule has 2 aromatic heterocycles. The Balaban J connectivity index is 1.79. The van der Waals surface area contributed by atoms with E-state index in [1.165, 1.54) is 11.1 Å². The monoisotopic (exact) mass is 458 g/mol. The van der Waals surface area contributed by atoms with Crippen LogP contribution in [0.5, 0.6) is 5.75 Å². The molecule has 2 atom stereocenters. The highest BCUT2D eigenvalue weighted by Gasteiger charge is 2.53. The lowest BCUT2D eigenvalue weighted by Gasteiger charge is -2.25. The Hall–Kier alpha value is -3.94. The molecule has 8 heteroatoms. The van der Waals surface area contributed by atoms with Crippen LogP contribution in [0.4, 0.5) is 5.82 Å². The lowest BCUT2D eigenvalue weighted by atomic mass is 9.87. The van der Waals surface area contributed by atoms with E-state index in [0.717, 1.165) is 5.56 Å². The normalized spacial score (nSPS) is 18.0. The van der Waals surface area contributed by atoms with E-state index in [2.05, 4.69) is 29.0 Å². The molecular weight excluding hydrogens is 432 g/mol. The van der Waals surface area contributed by atoms with Gasteiger partial charge in [0.15, 0.2) is 11.6 Å². The van der Waals surface area contributed by atoms with E-state index in [-0.39, 0.29) is 5.82 Å². The topological polar surface area (TPSA) is 102 Å². The second-order valence-corrected chi connectivity index (χ2v) is 8.49. The Bertz CT molecular complexity index is 1210. The van der Waals surface area contributed by atoms with Crippen molar-refractivity contribution in [3.8, 4) is 5.75 Å². The van der Waals surface area contributed by atoms with Crippen LogP contribution in [0, 0.1) is 12.8 Å². The van der Waals surface area contributed by atoms with Crippen LogP contribution in [-0.4, -0.2) is 39.3 Å². The molecule has 0 saturated carbocycles. The van der Waals surface area contributed by atoms with Gasteiger partial charge in [-0.25, -0.2) is 0 Å². The number of aromatic nitrogens is 3. The Labute approximate surface area is 198 Å². The number of hydrogen-bond acceptors (Lipinski definition) is 7. The number of anilines is 1. The molecule has 0 N–H and O–H groups in total. The van der Waals surface area contributed by atoms with Gasteiger partial charge in [-0.05, 0) is 49.6 Å². The number of nitrogens with zero attached hydrogens (tertiary/aromatic N) is 4. The highest BCUT2D eigenvalue weighted by atomic mass is 16.5. The fourth-order valence-electron chi connectivity index (χ4n) is 4.03. The summed E-state index contributed by atoms with van der Waals surface area (Å²) >= 11 is 0. The van der Waals surface area contributed by atoms with Crippen molar-refractivity contribution in [1.29, 1.82) is 0 Å². The minimum atomic E-state index is -1.26. The number of Topliss-reactive ketones (excluding diaryl/α,β-unsaturated/α-hetero) is 2. The number of amides is 1. The van der Waals surface area contributed by atoms with Crippen molar-refractivity contribution in [1.82, 2.24) is 15.2 Å². The number of aryl methyl sites for hydroxylation is 1. The molecule has 1 aliphatic heterocycles. The van der Waals surface area contributed by atoms with Crippen molar-refractivity contribution in [3.05, 3.63) is 77.2 Å². The van der Waals surface area contributed by atoms with Crippen molar-refractivity contribution >= 4 is 23.3 Å². The van der Waals surface area contributed by atoms with E-state index in [4.69, 9.17) is 4.74 Å². The standard InChI is InChI=1S/C26H26N4O4/c1-5-34-19-11-12-20(27-14-19)23-22(24(31)18-9-7-17(8-10-18)15(2)3)25(32)26(33)30(23)21-13-6-16(4)28-29-21/h6-15,22-23H,5H2,1-4H3. The summed E-state index contributed by atoms with van der Waals surface area (Å²) in [5, 5.41) is 8.13. The number of carbonyl (C=O) groups excluding carboxylic acids is 3. The van der Waals surface area contributed by atoms with Gasteiger partial charge in [0.2, 0.25) is 5.78 Å². The summed E-state index contributed by atoms with van der Waals surface area (Å²) in [7, 11) is 0. The second kappa shape index (κ2) is 9.51. The summed E-state index contributed by atoms with van der Waals surface area (Å²) in [6.07, 6.45) is 1.52. The fraction of sp³-hybridized carbons (Fsp3) is 0.308. The number of carbonyl (C=O) groups is 3. The average molecular weight is 459 g/mol. The molecule has 3 heterocycles. The van der Waals surface area contributed by atoms with Crippen LogP contribution in [0.25, 0.3) is 0 Å². The van der Waals surface area contributed by atoms with Crippen LogP contribution in [0.15, 0.2) is 54.7 Å². The number of hydrogen-bond donors (Lipinski definition) is 0. The molecule has 3 aromatic rings. The molecule has 4 rings (SSSR count). The van der Waals surface area contributed by atoms with Gasteiger partial charge in [0.25, 0.3) is 5.91 Å². The molecular formula is C26H26N4O4. The minimum absolute atomic E-state index is 0.190. The third-order valence-corrected chi connectivity index (χ3v) is 5.85. The van der Waals surface area contributed by atoms with E-state index in [1.807, 2.05) is 19.1 Å². The van der Waals surface area contributed by atoms with Gasteiger partial charge in [-0.15, -0.1) is 5.10 Å². The zero-order valence-corrected chi connectivity index (χ0v) is 19.6. The van der Waals surface area contributed by atoms with Gasteiger partial charge < -0.3 is 4.74 Å². The van der Waals surface area contributed by atoms with Gasteiger partial charge in [-0.2, -0.15) is 5.10 Å². The average Bonchev–Trinajstić information content (AvgIpc) is 3.10. The minimum Gasteiger partial charge on any atom is -0.492 e. The van der Waals surface area contributed by atoms with Crippen molar-refractivity contribution in [2.24, 2.45) is 5.92 Å². The van der Waals surface area contributed by atoms with Crippen LogP contribution < -0.4 is 9.64 Å². The van der Waals surface area contributed by atoms with Crippen molar-refractivity contribution < 1.29 is 19.1 Å². The van der Waals surface area contributed by atoms with E-state index < -0.39 is 29.4 Å². The molecule has 1 fully saturated rings. The zero-order valence-electron chi connectivity index (χ0n) is 19.6. The number of benzene rings is 1. The molecule has 1 aromatic carbocycles. The number of ether oxygens (including phenoxy) is 1. The molecule has 0 spiro atoms. The first-order valence-corrected chi connectivity index (χ1v) is 11.2. The smallest absolute Gasteiger partial charge is 0.297 e. The molecule has 0 radical (unpaired) electrons. The van der Waals surface area contributed by atoms with Gasteiger partial charge in [0.05, 0.1) is 30.2 Å². The summed E-state index contributed by atoms with van der Waals surface area (Å²) < 4.78 is 5.47. The Morgan fingerprint density at radius 1 is 1.03 bits per heavy atom. The fourth-order valence-corrected chi connectivity index (χ4v) is 4.03. The first kappa shape index (κ1) is 23.2. The second-order valence-electron chi connectivity index (χ2n) is 8.49. The van der Waals surface area contributed by atoms with E-state index in [9.17, 15) is 14.4 Å². The largest absolute Gasteiger partial charge is 0.492 e. The summed E-state index contributed by atoms with van der Waals surface area (Å²) in [5.74, 6) is -2.25. The van der Waals surface area contributed by atoms with Gasteiger partial charge in [-0.1, -0.05) is 38.1 Å². The molecule has 0 bridgehead atoms. The highest BCUT2D eigenvalue weighted by Crippen LogP contribution is 2.40. The highest BCUT2D eigenvalue weighted by molar-refractivity contribution is 6.48. The molecule has 8 nitrogen and oxygen atoms in total. The molecule has 2 unspecified atom stereocenters. The van der Waals surface area contributed by atoms with Gasteiger partial charge in [0.1, 0.15) is 11.7 Å². The first-order valence-electron chi connectivity index (χ1n) is 11.2. The lowest BCUT2D eigenvalue weighted by Crippen LogP contribution is -2.32. The summed E-state index contributed by atoms with van der Waals surface area (Å²) in [6.45, 7) is 8.22. The predicted molar refractivity (Wildman–Crippen MR) is 126 cm³/mol. The van der Waals surface area contributed by atoms with Gasteiger partial charge in [0, 0.05) is 5.56 Å². The van der Waals surface area contributed by atoms with Crippen molar-refractivity contribution in [2.45, 2.75) is 39.7 Å². The number of rotatable bonds is 7. The molecule has 1 amide bonds. The third kappa shape index (κ3) is 4.31. The van der Waals surface area contributed by atoms with Crippen LogP contribution in [0.3, 0.4) is 0 Å². The predicted octanol–water partition coefficient (Wildman–Crippen LogP) is 3.86. The summed E-state index contributed by atoms with van der Waals surface area (Å²) in [4.78, 5) is 45.6. The molecule has 0 aliphatic carbocycles. The molecule has 1 aliphatic rings. The maximum atomic E-state index is 13.6.